The fourth-order valence-electron chi connectivity index (χ4n) is 5.42. The average molecular weight is 519 g/mol. The molecule has 2 aliphatic heterocycles. The highest BCUT2D eigenvalue weighted by molar-refractivity contribution is 5.96. The Morgan fingerprint density at radius 3 is 2.68 bits per heavy atom. The van der Waals surface area contributed by atoms with Crippen LogP contribution in [0.4, 0.5) is 4.39 Å². The van der Waals surface area contributed by atoms with Crippen LogP contribution in [0, 0.1) is 5.82 Å². The van der Waals surface area contributed by atoms with Crippen LogP contribution in [-0.4, -0.2) is 68.0 Å². The van der Waals surface area contributed by atoms with Crippen LogP contribution in [0.3, 0.4) is 0 Å². The van der Waals surface area contributed by atoms with E-state index >= 15 is 0 Å². The van der Waals surface area contributed by atoms with Gasteiger partial charge in [0, 0.05) is 49.0 Å². The van der Waals surface area contributed by atoms with Crippen LogP contribution in [-0.2, 0) is 17.9 Å². The number of benzene rings is 1. The number of carbonyl (C=O) groups is 3. The van der Waals surface area contributed by atoms with E-state index in [9.17, 15) is 18.8 Å². The summed E-state index contributed by atoms with van der Waals surface area (Å²) in [5.74, 6) is -1.03. The summed E-state index contributed by atoms with van der Waals surface area (Å²) in [6, 6.07) is 9.49. The Morgan fingerprint density at radius 1 is 1.18 bits per heavy atom. The number of rotatable bonds is 6. The maximum atomic E-state index is 13.6. The second-order valence-corrected chi connectivity index (χ2v) is 9.97. The van der Waals surface area contributed by atoms with Gasteiger partial charge in [-0.15, -0.1) is 0 Å². The van der Waals surface area contributed by atoms with Crippen molar-refractivity contribution in [3.63, 3.8) is 0 Å². The largest absolute Gasteiger partial charge is 0.357 e. The van der Waals surface area contributed by atoms with Crippen molar-refractivity contribution in [2.75, 3.05) is 19.6 Å². The maximum Gasteiger partial charge on any atom is 0.272 e. The van der Waals surface area contributed by atoms with Crippen molar-refractivity contribution in [1.29, 1.82) is 0 Å². The number of aromatic nitrogens is 3. The number of aromatic amines is 1. The molecule has 3 amide bonds. The SMILES string of the molecule is C=CC(=O)N1CCCC(NC(=O)c2nn(Cc3ccc(F)cc3)c3c2CN(C(=O)c2ccc[nH]2)C[C@H]3C)C1. The fourth-order valence-corrected chi connectivity index (χ4v) is 5.42. The minimum absolute atomic E-state index is 0.0810. The first-order valence-electron chi connectivity index (χ1n) is 12.8. The highest BCUT2D eigenvalue weighted by atomic mass is 19.1. The molecule has 1 saturated heterocycles. The second kappa shape index (κ2) is 10.6. The van der Waals surface area contributed by atoms with Gasteiger partial charge in [0.25, 0.3) is 11.8 Å². The molecule has 1 unspecified atom stereocenters. The summed E-state index contributed by atoms with van der Waals surface area (Å²) in [6.45, 7) is 7.70. The number of halogens is 1. The van der Waals surface area contributed by atoms with Crippen LogP contribution in [0.15, 0.2) is 55.3 Å². The van der Waals surface area contributed by atoms with E-state index in [4.69, 9.17) is 5.10 Å². The van der Waals surface area contributed by atoms with Crippen LogP contribution >= 0.6 is 0 Å². The molecule has 0 radical (unpaired) electrons. The monoisotopic (exact) mass is 518 g/mol. The molecule has 2 N–H and O–H groups in total. The fraction of sp³-hybridized carbons (Fsp3) is 0.357. The maximum absolute atomic E-state index is 13.6. The first-order valence-corrected chi connectivity index (χ1v) is 12.8. The number of H-pyrrole nitrogens is 1. The predicted molar refractivity (Wildman–Crippen MR) is 139 cm³/mol. The van der Waals surface area contributed by atoms with Crippen LogP contribution in [0.5, 0.6) is 0 Å². The lowest BCUT2D eigenvalue weighted by Crippen LogP contribution is -2.49. The Balaban J connectivity index is 1.45. The molecule has 2 aliphatic rings. The van der Waals surface area contributed by atoms with Gasteiger partial charge < -0.3 is 20.1 Å². The third-order valence-corrected chi connectivity index (χ3v) is 7.22. The summed E-state index contributed by atoms with van der Waals surface area (Å²) in [4.78, 5) is 45.2. The summed E-state index contributed by atoms with van der Waals surface area (Å²) in [5.41, 5.74) is 3.21. The Bertz CT molecular complexity index is 1350. The second-order valence-electron chi connectivity index (χ2n) is 9.97. The number of amides is 3. The van der Waals surface area contributed by atoms with E-state index in [2.05, 4.69) is 16.9 Å². The lowest BCUT2D eigenvalue weighted by atomic mass is 9.95. The molecule has 1 fully saturated rings. The highest BCUT2D eigenvalue weighted by Gasteiger charge is 2.35. The van der Waals surface area contributed by atoms with Gasteiger partial charge in [-0.3, -0.25) is 19.1 Å². The molecular weight excluding hydrogens is 487 g/mol. The van der Waals surface area contributed by atoms with E-state index in [0.29, 0.717) is 37.4 Å². The van der Waals surface area contributed by atoms with Gasteiger partial charge in [-0.1, -0.05) is 25.6 Å². The first-order chi connectivity index (χ1) is 18.3. The van der Waals surface area contributed by atoms with Gasteiger partial charge in [0.05, 0.1) is 13.1 Å². The van der Waals surface area contributed by atoms with Crippen molar-refractivity contribution < 1.29 is 18.8 Å². The van der Waals surface area contributed by atoms with E-state index in [-0.39, 0.29) is 47.7 Å². The molecule has 9 nitrogen and oxygen atoms in total. The zero-order valence-corrected chi connectivity index (χ0v) is 21.3. The Morgan fingerprint density at radius 2 is 1.97 bits per heavy atom. The Hall–Kier alpha value is -4.21. The van der Waals surface area contributed by atoms with Crippen LogP contribution < -0.4 is 5.32 Å². The van der Waals surface area contributed by atoms with E-state index in [1.807, 2.05) is 6.92 Å². The Kier molecular flexibility index (Phi) is 7.13. The minimum atomic E-state index is -0.335. The summed E-state index contributed by atoms with van der Waals surface area (Å²) in [5, 5.41) is 7.78. The topological polar surface area (TPSA) is 103 Å². The number of fused-ring (bicyclic) bond motifs is 1. The predicted octanol–water partition coefficient (Wildman–Crippen LogP) is 3.06. The van der Waals surface area contributed by atoms with Crippen molar-refractivity contribution in [3.8, 4) is 0 Å². The molecular formula is C28H31FN6O3. The van der Waals surface area contributed by atoms with E-state index < -0.39 is 0 Å². The summed E-state index contributed by atoms with van der Waals surface area (Å²) in [7, 11) is 0. The number of carbonyl (C=O) groups excluding carboxylic acids is 3. The number of hydrogen-bond donors (Lipinski definition) is 2. The van der Waals surface area contributed by atoms with Gasteiger partial charge in [-0.25, -0.2) is 4.39 Å². The van der Waals surface area contributed by atoms with Crippen LogP contribution in [0.1, 0.15) is 63.5 Å². The molecule has 0 aliphatic carbocycles. The molecule has 10 heteroatoms. The number of nitrogens with zero attached hydrogens (tertiary/aromatic N) is 4. The van der Waals surface area contributed by atoms with Gasteiger partial charge >= 0.3 is 0 Å². The molecule has 3 aromatic rings. The van der Waals surface area contributed by atoms with Crippen molar-refractivity contribution in [3.05, 3.63) is 89.3 Å². The Labute approximate surface area is 220 Å². The van der Waals surface area contributed by atoms with Crippen LogP contribution in [0.2, 0.25) is 0 Å². The van der Waals surface area contributed by atoms with Gasteiger partial charge in [-0.2, -0.15) is 5.10 Å². The van der Waals surface area contributed by atoms with Gasteiger partial charge in [0.1, 0.15) is 11.5 Å². The summed E-state index contributed by atoms with van der Waals surface area (Å²) in [6.07, 6.45) is 4.52. The van der Waals surface area contributed by atoms with Crippen molar-refractivity contribution in [1.82, 2.24) is 29.9 Å². The molecule has 0 saturated carbocycles. The van der Waals surface area contributed by atoms with Crippen molar-refractivity contribution in [2.45, 2.75) is 44.8 Å². The van der Waals surface area contributed by atoms with Gasteiger partial charge in [-0.05, 0) is 48.7 Å². The highest BCUT2D eigenvalue weighted by Crippen LogP contribution is 2.32. The first kappa shape index (κ1) is 25.4. The number of nitrogens with one attached hydrogen (secondary N) is 2. The van der Waals surface area contributed by atoms with E-state index in [1.54, 1.807) is 44.9 Å². The molecule has 0 spiro atoms. The minimum Gasteiger partial charge on any atom is -0.357 e. The standard InChI is InChI=1S/C28H31FN6O3/c1-3-24(36)33-13-5-6-21(16-33)31-27(37)25-22-17-34(28(38)23-7-4-12-30-23)14-18(2)26(22)35(32-25)15-19-8-10-20(29)11-9-19/h3-4,7-12,18,21,30H,1,5-6,13-17H2,2H3,(H,31,37)/t18-,21?/m1/s1. The number of hydrogen-bond acceptors (Lipinski definition) is 4. The zero-order chi connectivity index (χ0) is 26.8. The normalized spacial score (nSPS) is 19.1. The summed E-state index contributed by atoms with van der Waals surface area (Å²) >= 11 is 0. The molecule has 5 rings (SSSR count). The van der Waals surface area contributed by atoms with Crippen molar-refractivity contribution >= 4 is 17.7 Å². The number of piperidine rings is 1. The smallest absolute Gasteiger partial charge is 0.272 e. The van der Waals surface area contributed by atoms with Crippen LogP contribution in [0.25, 0.3) is 0 Å². The molecule has 4 heterocycles. The third kappa shape index (κ3) is 5.11. The van der Waals surface area contributed by atoms with Gasteiger partial charge in [0.15, 0.2) is 5.69 Å². The molecule has 1 aromatic carbocycles. The third-order valence-electron chi connectivity index (χ3n) is 7.22. The van der Waals surface area contributed by atoms with Crippen molar-refractivity contribution in [2.24, 2.45) is 0 Å². The quantitative estimate of drug-likeness (QED) is 0.490. The number of likely N-dealkylation sites (tertiary alicyclic amines) is 1. The molecule has 2 aromatic heterocycles. The lowest BCUT2D eigenvalue weighted by Gasteiger charge is -2.33. The molecule has 0 bridgehead atoms. The zero-order valence-electron chi connectivity index (χ0n) is 21.3. The average Bonchev–Trinajstić information content (AvgIpc) is 3.58. The molecule has 2 atom stereocenters. The summed E-state index contributed by atoms with van der Waals surface area (Å²) < 4.78 is 15.3. The van der Waals surface area contributed by atoms with E-state index in [1.165, 1.54) is 18.2 Å². The molecule has 198 valence electrons. The van der Waals surface area contributed by atoms with Gasteiger partial charge in [0.2, 0.25) is 5.91 Å². The lowest BCUT2D eigenvalue weighted by molar-refractivity contribution is -0.127. The molecule has 38 heavy (non-hydrogen) atoms. The van der Waals surface area contributed by atoms with E-state index in [0.717, 1.165) is 24.1 Å².